The van der Waals surface area contributed by atoms with E-state index in [2.05, 4.69) is 33.1 Å². The van der Waals surface area contributed by atoms with Crippen LogP contribution in [0.4, 0.5) is 0 Å². The number of rotatable bonds is 6. The molecule has 0 heterocycles. The molecule has 24 heavy (non-hydrogen) atoms. The van der Waals surface area contributed by atoms with E-state index in [4.69, 9.17) is 9.47 Å². The van der Waals surface area contributed by atoms with Crippen LogP contribution >= 0.6 is 22.6 Å². The zero-order valence-corrected chi connectivity index (χ0v) is 16.0. The topological polar surface area (TPSA) is 59.9 Å². The van der Waals surface area contributed by atoms with Crippen molar-refractivity contribution < 1.29 is 14.3 Å². The Morgan fingerprint density at radius 2 is 2.00 bits per heavy atom. The third-order valence-electron chi connectivity index (χ3n) is 3.23. The predicted octanol–water partition coefficient (Wildman–Crippen LogP) is 3.77. The Bertz CT molecular complexity index is 743. The number of hydrogen-bond acceptors (Lipinski definition) is 4. The molecule has 0 bridgehead atoms. The zero-order chi connectivity index (χ0) is 17.5. The molecule has 2 aromatic rings. The quantitative estimate of drug-likeness (QED) is 0.425. The number of methoxy groups -OCH3 is 1. The summed E-state index contributed by atoms with van der Waals surface area (Å²) in [4.78, 5) is 12.0. The van der Waals surface area contributed by atoms with Crippen LogP contribution < -0.4 is 14.9 Å². The van der Waals surface area contributed by atoms with Crippen LogP contribution in [-0.2, 0) is 0 Å². The van der Waals surface area contributed by atoms with Gasteiger partial charge in [0.25, 0.3) is 5.91 Å². The van der Waals surface area contributed by atoms with Crippen molar-refractivity contribution in [2.75, 3.05) is 13.7 Å². The van der Waals surface area contributed by atoms with Gasteiger partial charge in [-0.05, 0) is 66.3 Å². The number of benzene rings is 2. The monoisotopic (exact) mass is 438 g/mol. The van der Waals surface area contributed by atoms with E-state index in [1.54, 1.807) is 25.5 Å². The number of amides is 1. The molecule has 0 aliphatic rings. The lowest BCUT2D eigenvalue weighted by atomic mass is 10.1. The van der Waals surface area contributed by atoms with Gasteiger partial charge in [0, 0.05) is 5.56 Å². The van der Waals surface area contributed by atoms with Crippen molar-refractivity contribution in [3.05, 3.63) is 56.7 Å². The number of carbonyl (C=O) groups excluding carboxylic acids is 1. The van der Waals surface area contributed by atoms with Gasteiger partial charge in [0.2, 0.25) is 0 Å². The SMILES string of the molecule is CCOc1cc(/C=N\NC(=O)c2ccc(C)cc2)cc(I)c1OC. The van der Waals surface area contributed by atoms with Crippen molar-refractivity contribution in [2.45, 2.75) is 13.8 Å². The third kappa shape index (κ3) is 4.70. The fourth-order valence-electron chi connectivity index (χ4n) is 2.06. The lowest BCUT2D eigenvalue weighted by Crippen LogP contribution is -2.17. The second kappa shape index (κ2) is 8.68. The Morgan fingerprint density at radius 3 is 2.62 bits per heavy atom. The maximum absolute atomic E-state index is 12.0. The van der Waals surface area contributed by atoms with Gasteiger partial charge in [0.15, 0.2) is 11.5 Å². The molecule has 2 aromatic carbocycles. The smallest absolute Gasteiger partial charge is 0.271 e. The van der Waals surface area contributed by atoms with Crippen LogP contribution in [0.15, 0.2) is 41.5 Å². The summed E-state index contributed by atoms with van der Waals surface area (Å²) in [5, 5.41) is 4.01. The maximum atomic E-state index is 12.0. The lowest BCUT2D eigenvalue weighted by Gasteiger charge is -2.11. The van der Waals surface area contributed by atoms with Crippen molar-refractivity contribution in [1.29, 1.82) is 0 Å². The fourth-order valence-corrected chi connectivity index (χ4v) is 2.90. The molecule has 0 spiro atoms. The predicted molar refractivity (Wildman–Crippen MR) is 103 cm³/mol. The molecule has 2 rings (SSSR count). The van der Waals surface area contributed by atoms with E-state index >= 15 is 0 Å². The first-order valence-corrected chi connectivity index (χ1v) is 8.53. The fraction of sp³-hybridized carbons (Fsp3) is 0.222. The van der Waals surface area contributed by atoms with E-state index in [0.29, 0.717) is 23.7 Å². The van der Waals surface area contributed by atoms with Gasteiger partial charge < -0.3 is 9.47 Å². The number of hydrazone groups is 1. The van der Waals surface area contributed by atoms with Gasteiger partial charge in [-0.2, -0.15) is 5.10 Å². The van der Waals surface area contributed by atoms with E-state index in [9.17, 15) is 4.79 Å². The van der Waals surface area contributed by atoms with Crippen LogP contribution in [-0.4, -0.2) is 25.8 Å². The van der Waals surface area contributed by atoms with E-state index in [1.165, 1.54) is 0 Å². The minimum atomic E-state index is -0.250. The molecule has 6 heteroatoms. The molecule has 0 radical (unpaired) electrons. The number of nitrogens with one attached hydrogen (secondary N) is 1. The van der Waals surface area contributed by atoms with Crippen LogP contribution in [0.5, 0.6) is 11.5 Å². The van der Waals surface area contributed by atoms with Crippen LogP contribution in [0.3, 0.4) is 0 Å². The summed E-state index contributed by atoms with van der Waals surface area (Å²) in [5.41, 5.74) is 5.01. The van der Waals surface area contributed by atoms with Gasteiger partial charge in [0.05, 0.1) is 23.5 Å². The Labute approximate surface area is 155 Å². The molecule has 1 amide bonds. The molecule has 0 atom stereocenters. The van der Waals surface area contributed by atoms with E-state index in [1.807, 2.05) is 38.1 Å². The normalized spacial score (nSPS) is 10.7. The van der Waals surface area contributed by atoms with Crippen molar-refractivity contribution in [3.8, 4) is 11.5 Å². The zero-order valence-electron chi connectivity index (χ0n) is 13.8. The molecule has 0 saturated carbocycles. The molecule has 0 aliphatic heterocycles. The van der Waals surface area contributed by atoms with Gasteiger partial charge >= 0.3 is 0 Å². The first-order valence-electron chi connectivity index (χ1n) is 7.45. The van der Waals surface area contributed by atoms with Crippen molar-refractivity contribution >= 4 is 34.7 Å². The molecule has 1 N–H and O–H groups in total. The molecule has 0 aromatic heterocycles. The first kappa shape index (κ1) is 18.3. The minimum Gasteiger partial charge on any atom is -0.492 e. The highest BCUT2D eigenvalue weighted by Gasteiger charge is 2.10. The van der Waals surface area contributed by atoms with Crippen molar-refractivity contribution in [3.63, 3.8) is 0 Å². The number of hydrogen-bond donors (Lipinski definition) is 1. The molecular formula is C18H19IN2O3. The number of carbonyl (C=O) groups is 1. The van der Waals surface area contributed by atoms with Crippen molar-refractivity contribution in [2.24, 2.45) is 5.10 Å². The molecular weight excluding hydrogens is 419 g/mol. The molecule has 126 valence electrons. The summed E-state index contributed by atoms with van der Waals surface area (Å²) in [7, 11) is 1.61. The molecule has 5 nitrogen and oxygen atoms in total. The summed E-state index contributed by atoms with van der Waals surface area (Å²) in [6, 6.07) is 11.0. The standard InChI is InChI=1S/C18H19IN2O3/c1-4-24-16-10-13(9-15(19)17(16)23-3)11-20-21-18(22)14-7-5-12(2)6-8-14/h5-11H,4H2,1-3H3,(H,21,22)/b20-11-. The summed E-state index contributed by atoms with van der Waals surface area (Å²) in [5.74, 6) is 1.09. The van der Waals surface area contributed by atoms with E-state index in [-0.39, 0.29) is 5.91 Å². The van der Waals surface area contributed by atoms with Crippen LogP contribution in [0.1, 0.15) is 28.4 Å². The molecule has 0 saturated heterocycles. The van der Waals surface area contributed by atoms with Gasteiger partial charge in [-0.1, -0.05) is 17.7 Å². The highest BCUT2D eigenvalue weighted by Crippen LogP contribution is 2.33. The Balaban J connectivity index is 2.11. The Hall–Kier alpha value is -2.09. The second-order valence-corrected chi connectivity index (χ2v) is 6.19. The first-order chi connectivity index (χ1) is 11.5. The van der Waals surface area contributed by atoms with E-state index < -0.39 is 0 Å². The van der Waals surface area contributed by atoms with Gasteiger partial charge in [0.1, 0.15) is 0 Å². The maximum Gasteiger partial charge on any atom is 0.271 e. The summed E-state index contributed by atoms with van der Waals surface area (Å²) in [6.45, 7) is 4.42. The largest absolute Gasteiger partial charge is 0.492 e. The number of ether oxygens (including phenoxy) is 2. The highest BCUT2D eigenvalue weighted by atomic mass is 127. The second-order valence-electron chi connectivity index (χ2n) is 5.03. The molecule has 0 fully saturated rings. The molecule has 0 unspecified atom stereocenters. The third-order valence-corrected chi connectivity index (χ3v) is 4.03. The summed E-state index contributed by atoms with van der Waals surface area (Å²) in [6.07, 6.45) is 1.58. The van der Waals surface area contributed by atoms with Crippen LogP contribution in [0.25, 0.3) is 0 Å². The van der Waals surface area contributed by atoms with Gasteiger partial charge in [-0.3, -0.25) is 4.79 Å². The summed E-state index contributed by atoms with van der Waals surface area (Å²) < 4.78 is 11.8. The van der Waals surface area contributed by atoms with Gasteiger partial charge in [-0.15, -0.1) is 0 Å². The van der Waals surface area contributed by atoms with Crippen LogP contribution in [0.2, 0.25) is 0 Å². The summed E-state index contributed by atoms with van der Waals surface area (Å²) >= 11 is 2.17. The Kier molecular flexibility index (Phi) is 6.60. The van der Waals surface area contributed by atoms with Crippen molar-refractivity contribution in [1.82, 2.24) is 5.43 Å². The number of nitrogens with zero attached hydrogens (tertiary/aromatic N) is 1. The van der Waals surface area contributed by atoms with Gasteiger partial charge in [-0.25, -0.2) is 5.43 Å². The number of aryl methyl sites for hydroxylation is 1. The molecule has 0 aliphatic carbocycles. The minimum absolute atomic E-state index is 0.250. The number of halogens is 1. The highest BCUT2D eigenvalue weighted by molar-refractivity contribution is 14.1. The lowest BCUT2D eigenvalue weighted by molar-refractivity contribution is 0.0955. The average Bonchev–Trinajstić information content (AvgIpc) is 2.55. The van der Waals surface area contributed by atoms with Crippen LogP contribution in [0, 0.1) is 10.5 Å². The van der Waals surface area contributed by atoms with E-state index in [0.717, 1.165) is 14.7 Å². The average molecular weight is 438 g/mol. The Morgan fingerprint density at radius 1 is 1.29 bits per heavy atom.